The second-order valence-electron chi connectivity index (χ2n) is 6.01. The van der Waals surface area contributed by atoms with Crippen LogP contribution in [0.4, 0.5) is 4.79 Å². The molecule has 1 aromatic carbocycles. The van der Waals surface area contributed by atoms with Crippen LogP contribution in [0.25, 0.3) is 11.5 Å². The Morgan fingerprint density at radius 3 is 2.37 bits per heavy atom. The van der Waals surface area contributed by atoms with E-state index in [1.807, 2.05) is 6.07 Å². The average Bonchev–Trinajstić information content (AvgIpc) is 3.40. The second-order valence-corrected chi connectivity index (χ2v) is 6.01. The van der Waals surface area contributed by atoms with Crippen LogP contribution in [-0.2, 0) is 0 Å². The molecule has 0 saturated carbocycles. The maximum Gasteiger partial charge on any atom is 0.415 e. The molecule has 8 nitrogen and oxygen atoms in total. The van der Waals surface area contributed by atoms with E-state index in [1.54, 1.807) is 52.3 Å². The Morgan fingerprint density at radius 2 is 1.67 bits per heavy atom. The number of amides is 2. The van der Waals surface area contributed by atoms with Crippen molar-refractivity contribution in [3.63, 3.8) is 0 Å². The zero-order chi connectivity index (χ0) is 18.6. The van der Waals surface area contributed by atoms with Gasteiger partial charge in [-0.1, -0.05) is 23.4 Å². The molecule has 3 aromatic rings. The topological polar surface area (TPSA) is 89.0 Å². The summed E-state index contributed by atoms with van der Waals surface area (Å²) in [6, 6.07) is 13.9. The normalized spacial score (nSPS) is 14.2. The smallest absolute Gasteiger partial charge is 0.415 e. The van der Waals surface area contributed by atoms with Gasteiger partial charge in [0.15, 0.2) is 11.5 Å². The molecule has 2 aromatic heterocycles. The van der Waals surface area contributed by atoms with Gasteiger partial charge < -0.3 is 23.5 Å². The zero-order valence-corrected chi connectivity index (χ0v) is 14.4. The molecule has 0 spiro atoms. The van der Waals surface area contributed by atoms with Crippen molar-refractivity contribution in [1.29, 1.82) is 0 Å². The Kier molecular flexibility index (Phi) is 4.61. The third-order valence-electron chi connectivity index (χ3n) is 4.27. The van der Waals surface area contributed by atoms with Crippen LogP contribution >= 0.6 is 0 Å². The van der Waals surface area contributed by atoms with Crippen LogP contribution in [0.5, 0.6) is 5.75 Å². The minimum absolute atomic E-state index is 0.210. The van der Waals surface area contributed by atoms with Gasteiger partial charge in [-0.3, -0.25) is 4.79 Å². The third kappa shape index (κ3) is 3.69. The second kappa shape index (κ2) is 7.36. The molecule has 27 heavy (non-hydrogen) atoms. The van der Waals surface area contributed by atoms with Crippen LogP contribution in [0.1, 0.15) is 10.5 Å². The van der Waals surface area contributed by atoms with E-state index >= 15 is 0 Å². The highest BCUT2D eigenvalue weighted by Crippen LogP contribution is 2.21. The van der Waals surface area contributed by atoms with Crippen molar-refractivity contribution in [2.75, 3.05) is 26.2 Å². The molecule has 3 heterocycles. The predicted molar refractivity (Wildman–Crippen MR) is 94.1 cm³/mol. The van der Waals surface area contributed by atoms with Gasteiger partial charge in [0.2, 0.25) is 5.76 Å². The van der Waals surface area contributed by atoms with Crippen LogP contribution in [0.15, 0.2) is 63.7 Å². The number of para-hydroxylation sites is 1. The molecule has 2 amide bonds. The van der Waals surface area contributed by atoms with E-state index in [4.69, 9.17) is 13.7 Å². The number of hydrogen-bond donors (Lipinski definition) is 0. The first-order chi connectivity index (χ1) is 13.2. The van der Waals surface area contributed by atoms with Crippen LogP contribution < -0.4 is 4.74 Å². The van der Waals surface area contributed by atoms with Crippen molar-refractivity contribution in [3.05, 3.63) is 60.5 Å². The molecule has 1 aliphatic rings. The quantitative estimate of drug-likeness (QED) is 0.707. The first-order valence-corrected chi connectivity index (χ1v) is 8.52. The fourth-order valence-electron chi connectivity index (χ4n) is 2.82. The van der Waals surface area contributed by atoms with Gasteiger partial charge >= 0.3 is 6.09 Å². The van der Waals surface area contributed by atoms with Crippen molar-refractivity contribution in [1.82, 2.24) is 15.0 Å². The number of piperazine rings is 1. The van der Waals surface area contributed by atoms with Crippen molar-refractivity contribution in [3.8, 4) is 17.3 Å². The Morgan fingerprint density at radius 1 is 0.926 bits per heavy atom. The lowest BCUT2D eigenvalue weighted by Crippen LogP contribution is -2.51. The molecule has 1 aliphatic heterocycles. The Bertz CT molecular complexity index is 912. The molecular formula is C19H17N3O5. The molecule has 0 aliphatic carbocycles. The molecule has 1 saturated heterocycles. The number of carbonyl (C=O) groups is 2. The molecule has 0 radical (unpaired) electrons. The van der Waals surface area contributed by atoms with Gasteiger partial charge in [0.25, 0.3) is 5.91 Å². The Hall–Kier alpha value is -3.55. The fraction of sp³-hybridized carbons (Fsp3) is 0.211. The van der Waals surface area contributed by atoms with Crippen molar-refractivity contribution in [2.45, 2.75) is 0 Å². The minimum Gasteiger partial charge on any atom is -0.461 e. The summed E-state index contributed by atoms with van der Waals surface area (Å²) >= 11 is 0. The lowest BCUT2D eigenvalue weighted by molar-refractivity contribution is 0.0624. The van der Waals surface area contributed by atoms with E-state index in [2.05, 4.69) is 5.16 Å². The average molecular weight is 367 g/mol. The summed E-state index contributed by atoms with van der Waals surface area (Å²) in [6.45, 7) is 1.57. The molecule has 138 valence electrons. The van der Waals surface area contributed by atoms with E-state index in [0.717, 1.165) is 0 Å². The number of hydrogen-bond acceptors (Lipinski definition) is 6. The van der Waals surface area contributed by atoms with Gasteiger partial charge in [0, 0.05) is 32.2 Å². The molecule has 0 N–H and O–H groups in total. The lowest BCUT2D eigenvalue weighted by atomic mass is 10.2. The number of furan rings is 1. The van der Waals surface area contributed by atoms with Gasteiger partial charge in [-0.05, 0) is 24.3 Å². The molecule has 1 fully saturated rings. The van der Waals surface area contributed by atoms with E-state index in [-0.39, 0.29) is 11.6 Å². The maximum absolute atomic E-state index is 12.6. The molecule has 4 rings (SSSR count). The summed E-state index contributed by atoms with van der Waals surface area (Å²) in [5.41, 5.74) is 0.210. The van der Waals surface area contributed by atoms with Gasteiger partial charge in [-0.25, -0.2) is 4.79 Å². The lowest BCUT2D eigenvalue weighted by Gasteiger charge is -2.33. The van der Waals surface area contributed by atoms with Crippen LogP contribution in [0.3, 0.4) is 0 Å². The maximum atomic E-state index is 12.6. The van der Waals surface area contributed by atoms with Gasteiger partial charge in [0.05, 0.1) is 6.26 Å². The number of ether oxygens (including phenoxy) is 1. The third-order valence-corrected chi connectivity index (χ3v) is 4.27. The molecule has 0 bridgehead atoms. The van der Waals surface area contributed by atoms with E-state index in [1.165, 1.54) is 6.26 Å². The summed E-state index contributed by atoms with van der Waals surface area (Å²) < 4.78 is 15.7. The molecule has 0 unspecified atom stereocenters. The first-order valence-electron chi connectivity index (χ1n) is 8.52. The molecule has 0 atom stereocenters. The van der Waals surface area contributed by atoms with Crippen molar-refractivity contribution >= 4 is 12.0 Å². The summed E-state index contributed by atoms with van der Waals surface area (Å²) in [5.74, 6) is 1.16. The van der Waals surface area contributed by atoms with E-state index in [9.17, 15) is 9.59 Å². The predicted octanol–water partition coefficient (Wildman–Crippen LogP) is 2.89. The number of aromatic nitrogens is 1. The minimum atomic E-state index is -0.421. The highest BCUT2D eigenvalue weighted by atomic mass is 16.6. The van der Waals surface area contributed by atoms with Gasteiger partial charge in [-0.2, -0.15) is 0 Å². The standard InChI is InChI=1S/C19H17N3O5/c23-18(15-13-17(27-20-15)16-7-4-12-25-16)21-8-10-22(11-9-21)19(24)26-14-5-2-1-3-6-14/h1-7,12-13H,8-11H2. The van der Waals surface area contributed by atoms with Crippen molar-refractivity contribution in [2.24, 2.45) is 0 Å². The number of benzene rings is 1. The fourth-order valence-corrected chi connectivity index (χ4v) is 2.82. The largest absolute Gasteiger partial charge is 0.461 e. The Labute approximate surface area is 154 Å². The van der Waals surface area contributed by atoms with Crippen LogP contribution in [0, 0.1) is 0 Å². The highest BCUT2D eigenvalue weighted by Gasteiger charge is 2.28. The molecular weight excluding hydrogens is 350 g/mol. The SMILES string of the molecule is O=C(Oc1ccccc1)N1CCN(C(=O)c2cc(-c3ccco3)on2)CC1. The zero-order valence-electron chi connectivity index (χ0n) is 14.4. The summed E-state index contributed by atoms with van der Waals surface area (Å²) in [7, 11) is 0. The number of rotatable bonds is 3. The summed E-state index contributed by atoms with van der Waals surface area (Å²) in [5, 5.41) is 3.83. The number of carbonyl (C=O) groups excluding carboxylic acids is 2. The van der Waals surface area contributed by atoms with E-state index < -0.39 is 6.09 Å². The highest BCUT2D eigenvalue weighted by molar-refractivity contribution is 5.93. The van der Waals surface area contributed by atoms with E-state index in [0.29, 0.717) is 43.4 Å². The Balaban J connectivity index is 1.33. The summed E-state index contributed by atoms with van der Waals surface area (Å²) in [6.07, 6.45) is 1.10. The monoisotopic (exact) mass is 367 g/mol. The van der Waals surface area contributed by atoms with Crippen LogP contribution in [0.2, 0.25) is 0 Å². The summed E-state index contributed by atoms with van der Waals surface area (Å²) in [4.78, 5) is 28.0. The van der Waals surface area contributed by atoms with Crippen molar-refractivity contribution < 1.29 is 23.3 Å². The van der Waals surface area contributed by atoms with Gasteiger partial charge in [0.1, 0.15) is 5.75 Å². The van der Waals surface area contributed by atoms with Crippen LogP contribution in [-0.4, -0.2) is 53.1 Å². The number of nitrogens with zero attached hydrogens (tertiary/aromatic N) is 3. The van der Waals surface area contributed by atoms with Gasteiger partial charge in [-0.15, -0.1) is 0 Å². The first kappa shape index (κ1) is 16.9. The molecule has 8 heteroatoms.